The molecular weight excluding hydrogens is 232 g/mol. The second kappa shape index (κ2) is 5.92. The Hall–Kier alpha value is -0.990. The van der Waals surface area contributed by atoms with Gasteiger partial charge in [-0.15, -0.1) is 5.10 Å². The van der Waals surface area contributed by atoms with E-state index in [0.29, 0.717) is 19.7 Å². The van der Waals surface area contributed by atoms with Gasteiger partial charge in [0.1, 0.15) is 6.33 Å². The van der Waals surface area contributed by atoms with Gasteiger partial charge in [-0.25, -0.2) is 13.4 Å². The number of aromatic amines is 1. The van der Waals surface area contributed by atoms with Crippen molar-refractivity contribution in [3.63, 3.8) is 0 Å². The molecule has 0 aliphatic heterocycles. The predicted octanol–water partition coefficient (Wildman–Crippen LogP) is -0.148. The van der Waals surface area contributed by atoms with Crippen molar-refractivity contribution < 1.29 is 13.2 Å². The van der Waals surface area contributed by atoms with E-state index in [0.717, 1.165) is 6.42 Å². The number of hydrogen-bond donors (Lipinski definition) is 1. The summed E-state index contributed by atoms with van der Waals surface area (Å²) in [6, 6.07) is 0. The summed E-state index contributed by atoms with van der Waals surface area (Å²) < 4.78 is 30.2. The molecule has 0 unspecified atom stereocenters. The van der Waals surface area contributed by atoms with Crippen molar-refractivity contribution in [3.05, 3.63) is 6.33 Å². The van der Waals surface area contributed by atoms with Gasteiger partial charge in [-0.05, 0) is 6.42 Å². The molecule has 1 aromatic heterocycles. The summed E-state index contributed by atoms with van der Waals surface area (Å²) >= 11 is 0. The number of nitrogens with zero attached hydrogens (tertiary/aromatic N) is 3. The standard InChI is InChI=1S/C8H16N4O3S/c1-3-4-12(5-6-15-2)16(13,14)8-9-7-10-11-8/h7H,3-6H2,1-2H3,(H,9,10,11). The van der Waals surface area contributed by atoms with Crippen LogP contribution in [-0.2, 0) is 14.8 Å². The normalized spacial score (nSPS) is 12.2. The molecule has 0 saturated heterocycles. The first-order chi connectivity index (χ1) is 7.62. The third-order valence-corrected chi connectivity index (χ3v) is 3.68. The van der Waals surface area contributed by atoms with Gasteiger partial charge in [0, 0.05) is 20.2 Å². The monoisotopic (exact) mass is 248 g/mol. The number of methoxy groups -OCH3 is 1. The molecule has 0 aromatic carbocycles. The summed E-state index contributed by atoms with van der Waals surface area (Å²) in [5, 5.41) is 5.79. The van der Waals surface area contributed by atoms with E-state index in [9.17, 15) is 8.42 Å². The molecule has 0 spiro atoms. The minimum Gasteiger partial charge on any atom is -0.383 e. The maximum absolute atomic E-state index is 12.0. The van der Waals surface area contributed by atoms with Crippen molar-refractivity contribution in [1.29, 1.82) is 0 Å². The summed E-state index contributed by atoms with van der Waals surface area (Å²) in [6.07, 6.45) is 1.97. The van der Waals surface area contributed by atoms with Gasteiger partial charge >= 0.3 is 0 Å². The van der Waals surface area contributed by atoms with Gasteiger partial charge in [0.2, 0.25) is 0 Å². The summed E-state index contributed by atoms with van der Waals surface area (Å²) in [7, 11) is -2.06. The smallest absolute Gasteiger partial charge is 0.282 e. The lowest BCUT2D eigenvalue weighted by atomic mass is 10.5. The molecule has 1 heterocycles. The third-order valence-electron chi connectivity index (χ3n) is 1.98. The van der Waals surface area contributed by atoms with Crippen LogP contribution in [0.25, 0.3) is 0 Å². The fraction of sp³-hybridized carbons (Fsp3) is 0.750. The van der Waals surface area contributed by atoms with Crippen LogP contribution in [0.1, 0.15) is 13.3 Å². The molecule has 7 nitrogen and oxygen atoms in total. The van der Waals surface area contributed by atoms with Crippen molar-refractivity contribution >= 4 is 10.0 Å². The van der Waals surface area contributed by atoms with Crippen LogP contribution in [0.15, 0.2) is 11.5 Å². The molecule has 0 aliphatic carbocycles. The van der Waals surface area contributed by atoms with E-state index in [4.69, 9.17) is 4.74 Å². The van der Waals surface area contributed by atoms with E-state index in [2.05, 4.69) is 15.2 Å². The van der Waals surface area contributed by atoms with Gasteiger partial charge in [0.05, 0.1) is 6.61 Å². The highest BCUT2D eigenvalue weighted by Crippen LogP contribution is 2.09. The van der Waals surface area contributed by atoms with Crippen LogP contribution in [0.4, 0.5) is 0 Å². The average Bonchev–Trinajstić information content (AvgIpc) is 2.77. The summed E-state index contributed by atoms with van der Waals surface area (Å²) in [5.41, 5.74) is 0. The van der Waals surface area contributed by atoms with E-state index < -0.39 is 10.0 Å². The molecular formula is C8H16N4O3S. The lowest BCUT2D eigenvalue weighted by Gasteiger charge is -2.18. The molecule has 1 N–H and O–H groups in total. The molecule has 0 bridgehead atoms. The molecule has 1 aromatic rings. The van der Waals surface area contributed by atoms with E-state index >= 15 is 0 Å². The first-order valence-electron chi connectivity index (χ1n) is 4.97. The maximum Gasteiger partial charge on any atom is 0.282 e. The fourth-order valence-electron chi connectivity index (χ4n) is 1.23. The highest BCUT2D eigenvalue weighted by atomic mass is 32.2. The Bertz CT molecular complexity index is 389. The number of H-pyrrole nitrogens is 1. The predicted molar refractivity (Wildman–Crippen MR) is 57.3 cm³/mol. The maximum atomic E-state index is 12.0. The first kappa shape index (κ1) is 13.1. The highest BCUT2D eigenvalue weighted by molar-refractivity contribution is 7.88. The topological polar surface area (TPSA) is 88.2 Å². The Morgan fingerprint density at radius 1 is 1.50 bits per heavy atom. The van der Waals surface area contributed by atoms with E-state index in [1.54, 1.807) is 0 Å². The van der Waals surface area contributed by atoms with Crippen LogP contribution in [0.5, 0.6) is 0 Å². The quantitative estimate of drug-likeness (QED) is 0.725. The SMILES string of the molecule is CCCN(CCOC)S(=O)(=O)c1nc[nH]n1. The van der Waals surface area contributed by atoms with Gasteiger partial charge in [0.25, 0.3) is 15.2 Å². The van der Waals surface area contributed by atoms with Crippen molar-refractivity contribution in [2.24, 2.45) is 0 Å². The molecule has 0 saturated carbocycles. The molecule has 0 atom stereocenters. The number of sulfonamides is 1. The average molecular weight is 248 g/mol. The molecule has 0 aliphatic rings. The Labute approximate surface area is 94.9 Å². The van der Waals surface area contributed by atoms with Crippen LogP contribution in [0.2, 0.25) is 0 Å². The van der Waals surface area contributed by atoms with Crippen LogP contribution in [-0.4, -0.2) is 54.7 Å². The molecule has 8 heteroatoms. The number of ether oxygens (including phenoxy) is 1. The van der Waals surface area contributed by atoms with Crippen LogP contribution >= 0.6 is 0 Å². The van der Waals surface area contributed by atoms with Crippen LogP contribution in [0, 0.1) is 0 Å². The van der Waals surface area contributed by atoms with Gasteiger partial charge in [-0.2, -0.15) is 4.31 Å². The number of aromatic nitrogens is 3. The lowest BCUT2D eigenvalue weighted by Crippen LogP contribution is -2.35. The highest BCUT2D eigenvalue weighted by Gasteiger charge is 2.26. The van der Waals surface area contributed by atoms with Gasteiger partial charge in [-0.3, -0.25) is 5.10 Å². The zero-order valence-electron chi connectivity index (χ0n) is 9.38. The molecule has 0 fully saturated rings. The Kier molecular flexibility index (Phi) is 4.84. The third kappa shape index (κ3) is 3.00. The van der Waals surface area contributed by atoms with E-state index in [1.165, 1.54) is 17.7 Å². The van der Waals surface area contributed by atoms with E-state index in [1.807, 2.05) is 6.92 Å². The van der Waals surface area contributed by atoms with Gasteiger partial charge < -0.3 is 4.74 Å². The zero-order valence-corrected chi connectivity index (χ0v) is 10.2. The number of hydrogen-bond acceptors (Lipinski definition) is 5. The molecule has 1 rings (SSSR count). The minimum atomic E-state index is -3.59. The number of rotatable bonds is 7. The van der Waals surface area contributed by atoms with Gasteiger partial charge in [-0.1, -0.05) is 6.92 Å². The molecule has 16 heavy (non-hydrogen) atoms. The second-order valence-corrected chi connectivity index (χ2v) is 5.01. The molecule has 0 radical (unpaired) electrons. The first-order valence-corrected chi connectivity index (χ1v) is 6.41. The fourth-order valence-corrected chi connectivity index (χ4v) is 2.55. The summed E-state index contributed by atoms with van der Waals surface area (Å²) in [5.74, 6) is 0. The van der Waals surface area contributed by atoms with Gasteiger partial charge in [0.15, 0.2) is 0 Å². The Balaban J connectivity index is 2.84. The molecule has 92 valence electrons. The van der Waals surface area contributed by atoms with Crippen LogP contribution < -0.4 is 0 Å². The van der Waals surface area contributed by atoms with Crippen molar-refractivity contribution in [2.45, 2.75) is 18.5 Å². The summed E-state index contributed by atoms with van der Waals surface area (Å²) in [4.78, 5) is 3.66. The Morgan fingerprint density at radius 3 is 2.75 bits per heavy atom. The summed E-state index contributed by atoms with van der Waals surface area (Å²) in [6.45, 7) is 3.00. The lowest BCUT2D eigenvalue weighted by molar-refractivity contribution is 0.178. The van der Waals surface area contributed by atoms with Crippen molar-refractivity contribution in [1.82, 2.24) is 19.5 Å². The minimum absolute atomic E-state index is 0.197. The second-order valence-electron chi connectivity index (χ2n) is 3.18. The van der Waals surface area contributed by atoms with E-state index in [-0.39, 0.29) is 5.16 Å². The Morgan fingerprint density at radius 2 is 2.25 bits per heavy atom. The number of nitrogens with one attached hydrogen (secondary N) is 1. The van der Waals surface area contributed by atoms with Crippen LogP contribution in [0.3, 0.4) is 0 Å². The van der Waals surface area contributed by atoms with Crippen molar-refractivity contribution in [3.8, 4) is 0 Å². The largest absolute Gasteiger partial charge is 0.383 e. The molecule has 0 amide bonds. The van der Waals surface area contributed by atoms with Crippen molar-refractivity contribution in [2.75, 3.05) is 26.8 Å². The zero-order chi connectivity index (χ0) is 12.0.